The van der Waals surface area contributed by atoms with E-state index in [1.54, 1.807) is 0 Å². The zero-order chi connectivity index (χ0) is 32.3. The zero-order valence-electron chi connectivity index (χ0n) is 26.6. The topological polar surface area (TPSA) is 8.17 Å². The van der Waals surface area contributed by atoms with Gasteiger partial charge >= 0.3 is 0 Å². The number of fused-ring (bicyclic) bond motifs is 8. The van der Waals surface area contributed by atoms with Gasteiger partial charge in [-0.25, -0.2) is 0 Å². The van der Waals surface area contributed by atoms with Crippen LogP contribution in [0.25, 0.3) is 69.6 Å². The lowest BCUT2D eigenvalue weighted by molar-refractivity contribution is 1.18. The van der Waals surface area contributed by atoms with E-state index in [9.17, 15) is 0 Å². The molecule has 0 saturated carbocycles. The minimum atomic E-state index is 1.13. The van der Waals surface area contributed by atoms with Crippen LogP contribution in [0.1, 0.15) is 0 Å². The van der Waals surface area contributed by atoms with Crippen molar-refractivity contribution in [3.63, 3.8) is 0 Å². The molecule has 2 nitrogen and oxygen atoms in total. The number of hydrogen-bond acceptors (Lipinski definition) is 2. The highest BCUT2D eigenvalue weighted by Crippen LogP contribution is 2.46. The quantitative estimate of drug-likeness (QED) is 0.181. The number of para-hydroxylation sites is 2. The van der Waals surface area contributed by atoms with Crippen LogP contribution in [0.4, 0.5) is 17.1 Å². The Hall–Kier alpha value is -6.16. The zero-order valence-corrected chi connectivity index (χ0v) is 27.4. The smallest absolute Gasteiger partial charge is 0.0554 e. The maximum absolute atomic E-state index is 2.45. The van der Waals surface area contributed by atoms with Crippen molar-refractivity contribution in [2.75, 3.05) is 4.90 Å². The van der Waals surface area contributed by atoms with Crippen molar-refractivity contribution in [2.24, 2.45) is 0 Å². The summed E-state index contributed by atoms with van der Waals surface area (Å²) < 4.78 is 4.99. The van der Waals surface area contributed by atoms with Gasteiger partial charge in [0.05, 0.1) is 16.7 Å². The first-order valence-corrected chi connectivity index (χ1v) is 17.5. The Morgan fingerprint density at radius 3 is 1.90 bits per heavy atom. The third-order valence-electron chi connectivity index (χ3n) is 9.76. The van der Waals surface area contributed by atoms with E-state index in [4.69, 9.17) is 0 Å². The van der Waals surface area contributed by atoms with Crippen molar-refractivity contribution in [3.8, 4) is 16.8 Å². The van der Waals surface area contributed by atoms with Crippen LogP contribution in [0.5, 0.6) is 0 Å². The average molecular weight is 643 g/mol. The molecule has 2 aromatic heterocycles. The van der Waals surface area contributed by atoms with Crippen LogP contribution in [0.2, 0.25) is 0 Å². The van der Waals surface area contributed by atoms with Crippen LogP contribution >= 0.6 is 11.3 Å². The van der Waals surface area contributed by atoms with Crippen molar-refractivity contribution >= 4 is 81.1 Å². The summed E-state index contributed by atoms with van der Waals surface area (Å²) in [5.74, 6) is 0. The van der Waals surface area contributed by atoms with Crippen molar-refractivity contribution in [2.45, 2.75) is 0 Å². The normalized spacial score (nSPS) is 11.7. The summed E-state index contributed by atoms with van der Waals surface area (Å²) in [6.45, 7) is 0. The Morgan fingerprint density at radius 1 is 0.408 bits per heavy atom. The van der Waals surface area contributed by atoms with E-state index in [1.165, 1.54) is 75.3 Å². The van der Waals surface area contributed by atoms with E-state index < -0.39 is 0 Å². The van der Waals surface area contributed by atoms with Crippen LogP contribution in [-0.4, -0.2) is 4.57 Å². The van der Waals surface area contributed by atoms with Crippen molar-refractivity contribution < 1.29 is 0 Å². The van der Waals surface area contributed by atoms with Crippen LogP contribution < -0.4 is 4.90 Å². The van der Waals surface area contributed by atoms with Gasteiger partial charge < -0.3 is 9.47 Å². The average Bonchev–Trinajstić information content (AvgIpc) is 3.73. The fourth-order valence-electron chi connectivity index (χ4n) is 7.57. The molecule has 0 fully saturated rings. The number of thiophene rings is 1. The van der Waals surface area contributed by atoms with Crippen molar-refractivity contribution in [1.29, 1.82) is 0 Å². The van der Waals surface area contributed by atoms with Crippen LogP contribution in [0, 0.1) is 0 Å². The maximum Gasteiger partial charge on any atom is 0.0554 e. The first-order chi connectivity index (χ1) is 24.3. The summed E-state index contributed by atoms with van der Waals surface area (Å²) in [4.78, 5) is 2.45. The number of benzene rings is 8. The minimum absolute atomic E-state index is 1.13. The number of rotatable bonds is 5. The monoisotopic (exact) mass is 642 g/mol. The molecule has 0 N–H and O–H groups in total. The summed E-state index contributed by atoms with van der Waals surface area (Å²) in [6.07, 6.45) is 0. The van der Waals surface area contributed by atoms with E-state index in [1.807, 2.05) is 11.3 Å². The standard InChI is InChI=1S/C46H30N2S/c1-3-12-31(13-4-1)32-22-26-35(27-23-32)47(41-19-11-21-44-46(41)38-17-8-10-20-43(38)49-44)36-28-24-33-25-29-42-45(39(33)30-36)37-16-7-9-18-40(37)48(42)34-14-5-2-6-15-34/h1-30H. The first kappa shape index (κ1) is 27.9. The van der Waals surface area contributed by atoms with Crippen molar-refractivity contribution in [1.82, 2.24) is 4.57 Å². The van der Waals surface area contributed by atoms with Crippen molar-refractivity contribution in [3.05, 3.63) is 182 Å². The second kappa shape index (κ2) is 11.2. The molecule has 2 heterocycles. The Bertz CT molecular complexity index is 2810. The molecule has 0 aliphatic carbocycles. The van der Waals surface area contributed by atoms with Gasteiger partial charge in [-0.2, -0.15) is 0 Å². The molecule has 0 saturated heterocycles. The van der Waals surface area contributed by atoms with Gasteiger partial charge in [-0.3, -0.25) is 0 Å². The third-order valence-corrected chi connectivity index (χ3v) is 10.9. The lowest BCUT2D eigenvalue weighted by atomic mass is 10.0. The SMILES string of the molecule is c1ccc(-c2ccc(N(c3ccc4ccc5c(c4c3)c3ccccc3n5-c3ccccc3)c3cccc4sc5ccccc5c34)cc2)cc1. The molecular formula is C46H30N2S. The largest absolute Gasteiger partial charge is 0.310 e. The highest BCUT2D eigenvalue weighted by molar-refractivity contribution is 7.26. The second-order valence-corrected chi connectivity index (χ2v) is 13.6. The third kappa shape index (κ3) is 4.47. The Morgan fingerprint density at radius 2 is 1.06 bits per heavy atom. The summed E-state index contributed by atoms with van der Waals surface area (Å²) >= 11 is 1.86. The fourth-order valence-corrected chi connectivity index (χ4v) is 8.70. The molecule has 0 bridgehead atoms. The van der Waals surface area contributed by atoms with Gasteiger partial charge in [0.2, 0.25) is 0 Å². The van der Waals surface area contributed by atoms with E-state index in [2.05, 4.69) is 191 Å². The number of anilines is 3. The van der Waals surface area contributed by atoms with E-state index >= 15 is 0 Å². The molecule has 8 aromatic carbocycles. The Labute approximate surface area is 288 Å². The van der Waals surface area contributed by atoms with Gasteiger partial charge in [0.25, 0.3) is 0 Å². The molecule has 0 spiro atoms. The molecule has 0 unspecified atom stereocenters. The van der Waals surface area contributed by atoms with Gasteiger partial charge in [0.1, 0.15) is 0 Å². The number of nitrogens with zero attached hydrogens (tertiary/aromatic N) is 2. The summed E-state index contributed by atoms with van der Waals surface area (Å²) in [5.41, 5.74) is 9.45. The molecule has 0 atom stereocenters. The van der Waals surface area contributed by atoms with Gasteiger partial charge in [-0.1, -0.05) is 115 Å². The van der Waals surface area contributed by atoms with E-state index in [0.29, 0.717) is 0 Å². The van der Waals surface area contributed by atoms with Crippen LogP contribution in [-0.2, 0) is 0 Å². The van der Waals surface area contributed by atoms with Crippen LogP contribution in [0.3, 0.4) is 0 Å². The van der Waals surface area contributed by atoms with Gasteiger partial charge in [-0.15, -0.1) is 11.3 Å². The number of aromatic nitrogens is 1. The summed E-state index contributed by atoms with van der Waals surface area (Å²) in [7, 11) is 0. The second-order valence-electron chi connectivity index (χ2n) is 12.6. The molecule has 10 rings (SSSR count). The molecule has 0 aliphatic rings. The Kier molecular flexibility index (Phi) is 6.39. The highest BCUT2D eigenvalue weighted by Gasteiger charge is 2.20. The van der Waals surface area contributed by atoms with Gasteiger partial charge in [-0.05, 0) is 88.6 Å². The summed E-state index contributed by atoms with van der Waals surface area (Å²) in [6, 6.07) is 66.2. The fraction of sp³-hybridized carbons (Fsp3) is 0. The molecule has 0 aliphatic heterocycles. The summed E-state index contributed by atoms with van der Waals surface area (Å²) in [5, 5.41) is 7.58. The maximum atomic E-state index is 2.45. The van der Waals surface area contributed by atoms with E-state index in [0.717, 1.165) is 11.4 Å². The molecular weight excluding hydrogens is 613 g/mol. The molecule has 3 heteroatoms. The number of hydrogen-bond donors (Lipinski definition) is 0. The molecule has 10 aromatic rings. The van der Waals surface area contributed by atoms with Crippen LogP contribution in [0.15, 0.2) is 182 Å². The predicted molar refractivity (Wildman–Crippen MR) is 211 cm³/mol. The highest BCUT2D eigenvalue weighted by atomic mass is 32.1. The van der Waals surface area contributed by atoms with Gasteiger partial charge in [0.15, 0.2) is 0 Å². The van der Waals surface area contributed by atoms with Gasteiger partial charge in [0, 0.05) is 48.0 Å². The lowest BCUT2D eigenvalue weighted by Crippen LogP contribution is -2.10. The minimum Gasteiger partial charge on any atom is -0.310 e. The molecule has 0 amide bonds. The molecule has 230 valence electrons. The predicted octanol–water partition coefficient (Wildman–Crippen LogP) is 13.4. The lowest BCUT2D eigenvalue weighted by Gasteiger charge is -2.27. The molecule has 49 heavy (non-hydrogen) atoms. The molecule has 0 radical (unpaired) electrons. The Balaban J connectivity index is 1.25. The van der Waals surface area contributed by atoms with E-state index in [-0.39, 0.29) is 0 Å². The first-order valence-electron chi connectivity index (χ1n) is 16.7.